The van der Waals surface area contributed by atoms with Crippen molar-refractivity contribution in [2.45, 2.75) is 12.6 Å². The van der Waals surface area contributed by atoms with Crippen LogP contribution >= 0.6 is 0 Å². The summed E-state index contributed by atoms with van der Waals surface area (Å²) >= 11 is 0. The maximum absolute atomic E-state index is 10.1. The Hall–Kier alpha value is -1.23. The van der Waals surface area contributed by atoms with Crippen molar-refractivity contribution >= 4 is 5.95 Å². The topological polar surface area (TPSA) is 59.8 Å². The molecule has 1 aliphatic heterocycles. The summed E-state index contributed by atoms with van der Waals surface area (Å²) in [5, 5.41) is 2.76. The van der Waals surface area contributed by atoms with Gasteiger partial charge in [0, 0.05) is 17.6 Å². The number of nitroso groups, excluding NO2 is 1. The smallest absolute Gasteiger partial charge is 0.271 e. The van der Waals surface area contributed by atoms with E-state index in [2.05, 4.69) is 10.2 Å². The van der Waals surface area contributed by atoms with Crippen LogP contribution in [0, 0.1) is 4.91 Å². The minimum atomic E-state index is 0.223. The monoisotopic (exact) mass is 153 g/mol. The molecule has 0 aromatic carbocycles. The van der Waals surface area contributed by atoms with E-state index in [9.17, 15) is 4.91 Å². The zero-order valence-electron chi connectivity index (χ0n) is 5.80. The van der Waals surface area contributed by atoms with Crippen LogP contribution in [0.4, 0.5) is 5.95 Å². The lowest BCUT2D eigenvalue weighted by molar-refractivity contribution is 0.383. The van der Waals surface area contributed by atoms with E-state index in [1.165, 1.54) is 0 Å². The van der Waals surface area contributed by atoms with Crippen LogP contribution in [0.15, 0.2) is 17.6 Å². The summed E-state index contributed by atoms with van der Waals surface area (Å²) in [6, 6.07) is 0. The predicted octanol–water partition coefficient (Wildman–Crippen LogP) is 0.680. The van der Waals surface area contributed by atoms with Gasteiger partial charge in [-0.05, 0) is 0 Å². The number of epoxide rings is 1. The van der Waals surface area contributed by atoms with Crippen molar-refractivity contribution < 1.29 is 4.74 Å². The van der Waals surface area contributed by atoms with Gasteiger partial charge in [0.2, 0.25) is 0 Å². The van der Waals surface area contributed by atoms with E-state index in [-0.39, 0.29) is 12.1 Å². The highest BCUT2D eigenvalue weighted by Gasteiger charge is 2.23. The second-order valence-electron chi connectivity index (χ2n) is 2.43. The highest BCUT2D eigenvalue weighted by atomic mass is 16.6. The first kappa shape index (κ1) is 6.48. The fourth-order valence-corrected chi connectivity index (χ4v) is 0.933. The fourth-order valence-electron chi connectivity index (χ4n) is 0.933. The van der Waals surface area contributed by atoms with E-state index >= 15 is 0 Å². The van der Waals surface area contributed by atoms with Gasteiger partial charge in [0.25, 0.3) is 5.95 Å². The molecule has 1 fully saturated rings. The molecule has 1 atom stereocenters. The largest absolute Gasteiger partial charge is 0.371 e. The summed E-state index contributed by atoms with van der Waals surface area (Å²) in [6.07, 6.45) is 3.53. The molecule has 11 heavy (non-hydrogen) atoms. The molecule has 0 aliphatic carbocycles. The third-order valence-electron chi connectivity index (χ3n) is 1.58. The van der Waals surface area contributed by atoms with Crippen LogP contribution in [0.3, 0.4) is 0 Å². The van der Waals surface area contributed by atoms with Crippen LogP contribution in [-0.4, -0.2) is 22.3 Å². The zero-order valence-corrected chi connectivity index (χ0v) is 5.80. The van der Waals surface area contributed by atoms with Crippen LogP contribution in [0.5, 0.6) is 0 Å². The second kappa shape index (κ2) is 2.43. The SMILES string of the molecule is O=Nc1nccn1CC1CO1. The third-order valence-corrected chi connectivity index (χ3v) is 1.58. The molecule has 2 rings (SSSR count). The Morgan fingerprint density at radius 1 is 1.91 bits per heavy atom. The number of hydrogen-bond donors (Lipinski definition) is 0. The average Bonchev–Trinajstić information content (AvgIpc) is 2.68. The highest BCUT2D eigenvalue weighted by molar-refractivity contribution is 5.15. The Kier molecular flexibility index (Phi) is 1.43. The van der Waals surface area contributed by atoms with Gasteiger partial charge in [-0.2, -0.15) is 0 Å². The third kappa shape index (κ3) is 1.27. The molecule has 5 nitrogen and oxygen atoms in total. The molecule has 1 aromatic rings. The van der Waals surface area contributed by atoms with Crippen LogP contribution in [0.1, 0.15) is 0 Å². The Morgan fingerprint density at radius 2 is 2.73 bits per heavy atom. The van der Waals surface area contributed by atoms with E-state index in [0.717, 1.165) is 6.61 Å². The Bertz CT molecular complexity index is 267. The lowest BCUT2D eigenvalue weighted by atomic mass is 10.5. The fraction of sp³-hybridized carbons (Fsp3) is 0.500. The van der Waals surface area contributed by atoms with Crippen molar-refractivity contribution in [2.24, 2.45) is 5.18 Å². The maximum atomic E-state index is 10.1. The van der Waals surface area contributed by atoms with Crippen LogP contribution in [0.25, 0.3) is 0 Å². The molecule has 0 radical (unpaired) electrons. The summed E-state index contributed by atoms with van der Waals surface area (Å²) in [6.45, 7) is 1.46. The van der Waals surface area contributed by atoms with E-state index < -0.39 is 0 Å². The summed E-state index contributed by atoms with van der Waals surface area (Å²) in [5.41, 5.74) is 0. The molecular formula is C6H7N3O2. The molecule has 1 saturated heterocycles. The Morgan fingerprint density at radius 3 is 3.36 bits per heavy atom. The highest BCUT2D eigenvalue weighted by Crippen LogP contribution is 2.15. The molecule has 1 aromatic heterocycles. The van der Waals surface area contributed by atoms with E-state index in [4.69, 9.17) is 4.74 Å². The number of ether oxygens (including phenoxy) is 1. The van der Waals surface area contributed by atoms with Crippen molar-refractivity contribution in [1.29, 1.82) is 0 Å². The minimum absolute atomic E-state index is 0.223. The summed E-state index contributed by atoms with van der Waals surface area (Å²) in [5.74, 6) is 0.223. The number of imidazole rings is 1. The van der Waals surface area contributed by atoms with Gasteiger partial charge in [-0.15, -0.1) is 4.91 Å². The summed E-state index contributed by atoms with van der Waals surface area (Å²) in [7, 11) is 0. The van der Waals surface area contributed by atoms with E-state index in [1.807, 2.05) is 0 Å². The standard InChI is InChI=1S/C6H7N3O2/c10-8-6-7-1-2-9(6)3-5-4-11-5/h1-2,5H,3-4H2. The van der Waals surface area contributed by atoms with Crippen molar-refractivity contribution in [3.8, 4) is 0 Å². The molecule has 0 saturated carbocycles. The molecule has 58 valence electrons. The van der Waals surface area contributed by atoms with Gasteiger partial charge in [0.05, 0.1) is 19.3 Å². The zero-order chi connectivity index (χ0) is 7.68. The lowest BCUT2D eigenvalue weighted by Crippen LogP contribution is -2.01. The Balaban J connectivity index is 2.13. The number of nitrogens with zero attached hydrogens (tertiary/aromatic N) is 3. The quantitative estimate of drug-likeness (QED) is 0.474. The van der Waals surface area contributed by atoms with Gasteiger partial charge in [-0.3, -0.25) is 0 Å². The lowest BCUT2D eigenvalue weighted by Gasteiger charge is -1.96. The number of rotatable bonds is 3. The first-order valence-electron chi connectivity index (χ1n) is 3.36. The van der Waals surface area contributed by atoms with Crippen molar-refractivity contribution in [3.05, 3.63) is 17.3 Å². The normalized spacial score (nSPS) is 21.6. The van der Waals surface area contributed by atoms with Crippen LogP contribution in [-0.2, 0) is 11.3 Å². The van der Waals surface area contributed by atoms with Gasteiger partial charge in [0.15, 0.2) is 0 Å². The van der Waals surface area contributed by atoms with Crippen molar-refractivity contribution in [1.82, 2.24) is 9.55 Å². The van der Waals surface area contributed by atoms with Gasteiger partial charge in [-0.25, -0.2) is 4.98 Å². The van der Waals surface area contributed by atoms with E-state index in [0.29, 0.717) is 6.54 Å². The molecule has 2 heterocycles. The average molecular weight is 153 g/mol. The van der Waals surface area contributed by atoms with Gasteiger partial charge in [-0.1, -0.05) is 0 Å². The van der Waals surface area contributed by atoms with Crippen LogP contribution < -0.4 is 0 Å². The molecule has 1 aliphatic rings. The second-order valence-corrected chi connectivity index (χ2v) is 2.43. The predicted molar refractivity (Wildman–Crippen MR) is 37.4 cm³/mol. The van der Waals surface area contributed by atoms with Gasteiger partial charge < -0.3 is 9.30 Å². The van der Waals surface area contributed by atoms with Crippen molar-refractivity contribution in [3.63, 3.8) is 0 Å². The van der Waals surface area contributed by atoms with Crippen molar-refractivity contribution in [2.75, 3.05) is 6.61 Å². The summed E-state index contributed by atoms with van der Waals surface area (Å²) < 4.78 is 6.67. The van der Waals surface area contributed by atoms with Gasteiger partial charge in [0.1, 0.15) is 0 Å². The minimum Gasteiger partial charge on any atom is -0.371 e. The summed E-state index contributed by atoms with van der Waals surface area (Å²) in [4.78, 5) is 13.9. The Labute approximate surface area is 63.0 Å². The van der Waals surface area contributed by atoms with Gasteiger partial charge >= 0.3 is 0 Å². The molecular weight excluding hydrogens is 146 g/mol. The first-order valence-corrected chi connectivity index (χ1v) is 3.36. The molecule has 0 bridgehead atoms. The van der Waals surface area contributed by atoms with E-state index in [1.54, 1.807) is 17.0 Å². The molecule has 5 heteroatoms. The van der Waals surface area contributed by atoms with Crippen LogP contribution in [0.2, 0.25) is 0 Å². The maximum Gasteiger partial charge on any atom is 0.271 e. The molecule has 0 spiro atoms. The number of aromatic nitrogens is 2. The molecule has 0 amide bonds. The molecule has 1 unspecified atom stereocenters. The number of hydrogen-bond acceptors (Lipinski definition) is 4. The first-order chi connectivity index (χ1) is 5.40. The molecule has 0 N–H and O–H groups in total.